The van der Waals surface area contributed by atoms with Crippen LogP contribution in [0.15, 0.2) is 60.8 Å². The van der Waals surface area contributed by atoms with Gasteiger partial charge in [-0.15, -0.1) is 0 Å². The largest absolute Gasteiger partial charge is 0.368 e. The fraction of sp³-hybridized carbons (Fsp3) is 0.158. The summed E-state index contributed by atoms with van der Waals surface area (Å²) < 4.78 is 2.16. The molecule has 0 amide bonds. The lowest BCUT2D eigenvalue weighted by molar-refractivity contribution is 1.00. The zero-order chi connectivity index (χ0) is 15.6. The Kier molecular flexibility index (Phi) is 3.42. The third-order valence-electron chi connectivity index (χ3n) is 4.08. The summed E-state index contributed by atoms with van der Waals surface area (Å²) in [7, 11) is 0. The zero-order valence-electron chi connectivity index (χ0n) is 13.0. The van der Waals surface area contributed by atoms with Crippen LogP contribution in [0.2, 0.25) is 0 Å². The van der Waals surface area contributed by atoms with Crippen LogP contribution in [0.3, 0.4) is 0 Å². The average molecular weight is 302 g/mol. The summed E-state index contributed by atoms with van der Waals surface area (Å²) in [5.41, 5.74) is 4.41. The number of hydrogen-bond acceptors (Lipinski definition) is 3. The molecule has 2 aromatic heterocycles. The highest BCUT2D eigenvalue weighted by Gasteiger charge is 2.10. The van der Waals surface area contributed by atoms with Gasteiger partial charge in [0.2, 0.25) is 0 Å². The number of imidazole rings is 1. The first-order chi connectivity index (χ1) is 11.3. The minimum Gasteiger partial charge on any atom is -0.368 e. The molecular formula is C19H18N4. The molecular weight excluding hydrogens is 284 g/mol. The summed E-state index contributed by atoms with van der Waals surface area (Å²) in [6.07, 6.45) is 2.86. The second-order valence-electron chi connectivity index (χ2n) is 5.64. The van der Waals surface area contributed by atoms with Crippen LogP contribution in [-0.2, 0) is 6.42 Å². The minimum absolute atomic E-state index is 0.843. The van der Waals surface area contributed by atoms with Crippen LogP contribution in [0.5, 0.6) is 0 Å². The SMILES string of the molecule is Cc1ncc2c(NCCc3ccccc3)nc3ccccc3n12. The molecule has 1 N–H and O–H groups in total. The van der Waals surface area contributed by atoms with E-state index in [1.54, 1.807) is 0 Å². The van der Waals surface area contributed by atoms with E-state index in [2.05, 4.69) is 45.0 Å². The smallest absolute Gasteiger partial charge is 0.152 e. The molecule has 0 aliphatic carbocycles. The lowest BCUT2D eigenvalue weighted by atomic mass is 10.1. The van der Waals surface area contributed by atoms with E-state index in [0.717, 1.165) is 41.2 Å². The van der Waals surface area contributed by atoms with Crippen molar-refractivity contribution in [2.45, 2.75) is 13.3 Å². The minimum atomic E-state index is 0.843. The maximum atomic E-state index is 4.78. The van der Waals surface area contributed by atoms with Crippen molar-refractivity contribution in [1.82, 2.24) is 14.4 Å². The Morgan fingerprint density at radius 3 is 2.61 bits per heavy atom. The van der Waals surface area contributed by atoms with Gasteiger partial charge in [-0.1, -0.05) is 42.5 Å². The molecule has 4 heteroatoms. The van der Waals surface area contributed by atoms with Crippen molar-refractivity contribution < 1.29 is 0 Å². The lowest BCUT2D eigenvalue weighted by Gasteiger charge is -2.11. The van der Waals surface area contributed by atoms with Gasteiger partial charge in [-0.05, 0) is 31.0 Å². The Labute approximate surface area is 134 Å². The van der Waals surface area contributed by atoms with Crippen molar-refractivity contribution in [1.29, 1.82) is 0 Å². The van der Waals surface area contributed by atoms with E-state index in [1.807, 2.05) is 37.4 Å². The Morgan fingerprint density at radius 1 is 0.957 bits per heavy atom. The van der Waals surface area contributed by atoms with Gasteiger partial charge in [-0.3, -0.25) is 4.40 Å². The first-order valence-electron chi connectivity index (χ1n) is 7.83. The van der Waals surface area contributed by atoms with Gasteiger partial charge in [0.25, 0.3) is 0 Å². The highest BCUT2D eigenvalue weighted by atomic mass is 15.1. The van der Waals surface area contributed by atoms with Crippen molar-refractivity contribution in [2.75, 3.05) is 11.9 Å². The number of para-hydroxylation sites is 2. The maximum Gasteiger partial charge on any atom is 0.152 e. The fourth-order valence-corrected chi connectivity index (χ4v) is 2.94. The number of fused-ring (bicyclic) bond motifs is 3. The molecule has 0 atom stereocenters. The number of aromatic nitrogens is 3. The topological polar surface area (TPSA) is 42.2 Å². The van der Waals surface area contributed by atoms with Crippen LogP contribution in [-0.4, -0.2) is 20.9 Å². The van der Waals surface area contributed by atoms with Crippen molar-refractivity contribution in [3.63, 3.8) is 0 Å². The third-order valence-corrected chi connectivity index (χ3v) is 4.08. The van der Waals surface area contributed by atoms with Gasteiger partial charge in [-0.25, -0.2) is 9.97 Å². The predicted molar refractivity (Wildman–Crippen MR) is 93.9 cm³/mol. The number of aryl methyl sites for hydroxylation is 1. The maximum absolute atomic E-state index is 4.78. The summed E-state index contributed by atoms with van der Waals surface area (Å²) in [5, 5.41) is 3.47. The van der Waals surface area contributed by atoms with E-state index in [1.165, 1.54) is 5.56 Å². The van der Waals surface area contributed by atoms with Gasteiger partial charge < -0.3 is 5.32 Å². The molecule has 4 rings (SSSR count). The summed E-state index contributed by atoms with van der Waals surface area (Å²) in [6.45, 7) is 2.86. The van der Waals surface area contributed by atoms with Crippen molar-refractivity contribution in [2.24, 2.45) is 0 Å². The van der Waals surface area contributed by atoms with Crippen molar-refractivity contribution in [3.8, 4) is 0 Å². The van der Waals surface area contributed by atoms with E-state index >= 15 is 0 Å². The zero-order valence-corrected chi connectivity index (χ0v) is 13.0. The summed E-state index contributed by atoms with van der Waals surface area (Å²) in [4.78, 5) is 9.23. The summed E-state index contributed by atoms with van der Waals surface area (Å²) in [6, 6.07) is 18.6. The van der Waals surface area contributed by atoms with Gasteiger partial charge >= 0.3 is 0 Å². The molecule has 0 aliphatic rings. The molecule has 4 nitrogen and oxygen atoms in total. The predicted octanol–water partition coefficient (Wildman–Crippen LogP) is 3.85. The van der Waals surface area contributed by atoms with E-state index in [-0.39, 0.29) is 0 Å². The molecule has 0 radical (unpaired) electrons. The molecule has 0 saturated carbocycles. The first-order valence-corrected chi connectivity index (χ1v) is 7.83. The van der Waals surface area contributed by atoms with E-state index in [4.69, 9.17) is 4.98 Å². The molecule has 2 aromatic carbocycles. The monoisotopic (exact) mass is 302 g/mol. The van der Waals surface area contributed by atoms with Crippen LogP contribution in [0.1, 0.15) is 11.4 Å². The second-order valence-corrected chi connectivity index (χ2v) is 5.64. The number of benzene rings is 2. The molecule has 114 valence electrons. The Balaban J connectivity index is 1.68. The van der Waals surface area contributed by atoms with Crippen LogP contribution in [0.25, 0.3) is 16.6 Å². The first kappa shape index (κ1) is 13.8. The van der Waals surface area contributed by atoms with Gasteiger partial charge in [0.05, 0.1) is 17.2 Å². The number of rotatable bonds is 4. The Hall–Kier alpha value is -2.88. The van der Waals surface area contributed by atoms with Crippen LogP contribution in [0.4, 0.5) is 5.82 Å². The molecule has 2 heterocycles. The standard InChI is InChI=1S/C19H18N4/c1-14-21-13-18-19(20-12-11-15-7-3-2-4-8-15)22-16-9-5-6-10-17(16)23(14)18/h2-10,13H,11-12H2,1H3,(H,20,22). The molecule has 0 spiro atoms. The molecule has 0 bridgehead atoms. The summed E-state index contributed by atoms with van der Waals surface area (Å²) in [5.74, 6) is 1.87. The van der Waals surface area contributed by atoms with Crippen LogP contribution < -0.4 is 5.32 Å². The van der Waals surface area contributed by atoms with Gasteiger partial charge in [-0.2, -0.15) is 0 Å². The molecule has 0 fully saturated rings. The number of nitrogens with one attached hydrogen (secondary N) is 1. The van der Waals surface area contributed by atoms with E-state index in [9.17, 15) is 0 Å². The normalized spacial score (nSPS) is 11.2. The van der Waals surface area contributed by atoms with Crippen molar-refractivity contribution >= 4 is 22.4 Å². The lowest BCUT2D eigenvalue weighted by Crippen LogP contribution is -2.08. The Bertz CT molecular complexity index is 957. The highest BCUT2D eigenvalue weighted by Crippen LogP contribution is 2.23. The van der Waals surface area contributed by atoms with Gasteiger partial charge in [0.1, 0.15) is 11.3 Å². The molecule has 23 heavy (non-hydrogen) atoms. The van der Waals surface area contributed by atoms with Gasteiger partial charge in [0, 0.05) is 6.54 Å². The van der Waals surface area contributed by atoms with Crippen LogP contribution in [0, 0.1) is 6.92 Å². The van der Waals surface area contributed by atoms with Gasteiger partial charge in [0.15, 0.2) is 5.82 Å². The highest BCUT2D eigenvalue weighted by molar-refractivity contribution is 5.84. The summed E-state index contributed by atoms with van der Waals surface area (Å²) >= 11 is 0. The van der Waals surface area contributed by atoms with Crippen LogP contribution >= 0.6 is 0 Å². The fourth-order valence-electron chi connectivity index (χ4n) is 2.94. The molecule has 0 saturated heterocycles. The number of hydrogen-bond donors (Lipinski definition) is 1. The second kappa shape index (κ2) is 5.72. The Morgan fingerprint density at radius 2 is 1.74 bits per heavy atom. The van der Waals surface area contributed by atoms with E-state index in [0.29, 0.717) is 0 Å². The number of anilines is 1. The molecule has 0 aliphatic heterocycles. The number of nitrogens with zero attached hydrogens (tertiary/aromatic N) is 3. The quantitative estimate of drug-likeness (QED) is 0.622. The average Bonchev–Trinajstić information content (AvgIpc) is 2.98. The molecule has 4 aromatic rings. The van der Waals surface area contributed by atoms with Crippen molar-refractivity contribution in [3.05, 3.63) is 72.2 Å². The molecule has 0 unspecified atom stereocenters. The van der Waals surface area contributed by atoms with E-state index < -0.39 is 0 Å². The third kappa shape index (κ3) is 2.52.